The molecule has 3 rings (SSSR count). The Labute approximate surface area is 161 Å². The average Bonchev–Trinajstić information content (AvgIpc) is 3.23. The maximum absolute atomic E-state index is 12.7. The normalized spacial score (nSPS) is 23.7. The second-order valence-corrected chi connectivity index (χ2v) is 6.57. The molecule has 1 aromatic heterocycles. The summed E-state index contributed by atoms with van der Waals surface area (Å²) in [5.74, 6) is 0.662. The summed E-state index contributed by atoms with van der Waals surface area (Å²) in [5.41, 5.74) is -0.970. The molecule has 0 spiro atoms. The minimum Gasteiger partial charge on any atom is -0.375 e. The van der Waals surface area contributed by atoms with Crippen molar-refractivity contribution in [3.05, 3.63) is 18.0 Å². The summed E-state index contributed by atoms with van der Waals surface area (Å²) in [6.45, 7) is 3.58. The van der Waals surface area contributed by atoms with E-state index < -0.39 is 11.9 Å². The Bertz CT molecular complexity index is 667. The van der Waals surface area contributed by atoms with Gasteiger partial charge in [-0.05, 0) is 18.9 Å². The van der Waals surface area contributed by atoms with Gasteiger partial charge in [0, 0.05) is 46.0 Å². The van der Waals surface area contributed by atoms with Gasteiger partial charge in [-0.15, -0.1) is 0 Å². The van der Waals surface area contributed by atoms with Crippen LogP contribution in [0.5, 0.6) is 0 Å². The van der Waals surface area contributed by atoms with Crippen molar-refractivity contribution in [3.63, 3.8) is 0 Å². The molecular weight excluding hydrogens is 377 g/mol. The molecule has 0 radical (unpaired) electrons. The van der Waals surface area contributed by atoms with Crippen LogP contribution in [0.15, 0.2) is 17.3 Å². The van der Waals surface area contributed by atoms with Gasteiger partial charge >= 0.3 is 6.18 Å². The van der Waals surface area contributed by atoms with Gasteiger partial charge in [0.05, 0.1) is 12.7 Å². The molecule has 2 aliphatic heterocycles. The molecule has 28 heavy (non-hydrogen) atoms. The number of ether oxygens (including phenoxy) is 2. The number of halogens is 3. The monoisotopic (exact) mass is 402 g/mol. The zero-order valence-corrected chi connectivity index (χ0v) is 15.7. The van der Waals surface area contributed by atoms with E-state index >= 15 is 0 Å². The lowest BCUT2D eigenvalue weighted by molar-refractivity contribution is -0.141. The first kappa shape index (κ1) is 20.6. The first-order valence-electron chi connectivity index (χ1n) is 9.30. The first-order chi connectivity index (χ1) is 13.5. The van der Waals surface area contributed by atoms with Crippen LogP contribution >= 0.6 is 0 Å². The molecule has 0 aliphatic carbocycles. The molecule has 2 atom stereocenters. The number of rotatable bonds is 5. The number of nitrogens with zero attached hydrogens (tertiary/aromatic N) is 4. The van der Waals surface area contributed by atoms with Gasteiger partial charge in [-0.25, -0.2) is 9.97 Å². The van der Waals surface area contributed by atoms with Crippen molar-refractivity contribution in [1.29, 1.82) is 0 Å². The number of morpholine rings is 1. The van der Waals surface area contributed by atoms with Crippen LogP contribution in [0.2, 0.25) is 0 Å². The van der Waals surface area contributed by atoms with Gasteiger partial charge in [0.15, 0.2) is 5.96 Å². The summed E-state index contributed by atoms with van der Waals surface area (Å²) in [6.07, 6.45) is -1.20. The lowest BCUT2D eigenvalue weighted by Crippen LogP contribution is -2.53. The molecule has 2 saturated heterocycles. The zero-order chi connectivity index (χ0) is 20.0. The van der Waals surface area contributed by atoms with Gasteiger partial charge in [0.2, 0.25) is 5.95 Å². The predicted molar refractivity (Wildman–Crippen MR) is 97.2 cm³/mol. The SMILES string of the molecule is CN=C(NCCNc1nccc(C(F)(F)F)n1)N1CCOC(C2CCCO2)C1. The molecule has 3 heterocycles. The van der Waals surface area contributed by atoms with Crippen molar-refractivity contribution in [3.8, 4) is 0 Å². The summed E-state index contributed by atoms with van der Waals surface area (Å²) in [4.78, 5) is 13.7. The van der Waals surface area contributed by atoms with Crippen LogP contribution in [-0.4, -0.2) is 79.5 Å². The summed E-state index contributed by atoms with van der Waals surface area (Å²) >= 11 is 0. The van der Waals surface area contributed by atoms with E-state index in [9.17, 15) is 13.2 Å². The number of anilines is 1. The second kappa shape index (κ2) is 9.37. The molecule has 0 saturated carbocycles. The van der Waals surface area contributed by atoms with E-state index in [2.05, 4.69) is 30.5 Å². The lowest BCUT2D eigenvalue weighted by atomic mass is 10.1. The number of guanidine groups is 1. The molecular formula is C17H25F3N6O2. The van der Waals surface area contributed by atoms with E-state index in [0.717, 1.165) is 37.7 Å². The Hall–Kier alpha value is -2.14. The average molecular weight is 402 g/mol. The molecule has 2 unspecified atom stereocenters. The number of nitrogens with one attached hydrogen (secondary N) is 2. The third-order valence-electron chi connectivity index (χ3n) is 4.62. The number of hydrogen-bond acceptors (Lipinski definition) is 6. The van der Waals surface area contributed by atoms with Crippen molar-refractivity contribution in [2.45, 2.75) is 31.2 Å². The number of aliphatic imine (C=N–C) groups is 1. The van der Waals surface area contributed by atoms with Gasteiger partial charge in [-0.1, -0.05) is 0 Å². The van der Waals surface area contributed by atoms with E-state index in [1.165, 1.54) is 0 Å². The van der Waals surface area contributed by atoms with Crippen LogP contribution in [0.3, 0.4) is 0 Å². The molecule has 2 fully saturated rings. The highest BCUT2D eigenvalue weighted by atomic mass is 19.4. The van der Waals surface area contributed by atoms with E-state index in [1.807, 2.05) is 0 Å². The molecule has 0 bridgehead atoms. The van der Waals surface area contributed by atoms with Gasteiger partial charge in [0.25, 0.3) is 0 Å². The number of hydrogen-bond donors (Lipinski definition) is 2. The molecule has 156 valence electrons. The maximum atomic E-state index is 12.7. The summed E-state index contributed by atoms with van der Waals surface area (Å²) in [5, 5.41) is 5.99. The summed E-state index contributed by atoms with van der Waals surface area (Å²) < 4.78 is 49.6. The molecule has 0 amide bonds. The third kappa shape index (κ3) is 5.44. The third-order valence-corrected chi connectivity index (χ3v) is 4.62. The standard InChI is InChI=1S/C17H25F3N6O2/c1-21-16(26-8-10-28-13(11-26)12-3-2-9-27-12)24-7-6-23-15-22-5-4-14(25-15)17(18,19)20/h4-5,12-13H,2-3,6-11H2,1H3,(H,21,24)(H,22,23,25). The lowest BCUT2D eigenvalue weighted by Gasteiger charge is -2.37. The molecule has 1 aromatic rings. The highest BCUT2D eigenvalue weighted by Gasteiger charge is 2.33. The van der Waals surface area contributed by atoms with Crippen LogP contribution in [-0.2, 0) is 15.7 Å². The molecule has 11 heteroatoms. The van der Waals surface area contributed by atoms with Crippen molar-refractivity contribution < 1.29 is 22.6 Å². The summed E-state index contributed by atoms with van der Waals surface area (Å²) in [6, 6.07) is 0.841. The number of alkyl halides is 3. The number of aromatic nitrogens is 2. The van der Waals surface area contributed by atoms with Crippen LogP contribution in [0.1, 0.15) is 18.5 Å². The fourth-order valence-corrected chi connectivity index (χ4v) is 3.27. The molecule has 2 aliphatic rings. The second-order valence-electron chi connectivity index (χ2n) is 6.57. The van der Waals surface area contributed by atoms with Gasteiger partial charge in [0.1, 0.15) is 11.8 Å². The fraction of sp³-hybridized carbons (Fsp3) is 0.706. The smallest absolute Gasteiger partial charge is 0.375 e. The Morgan fingerprint density at radius 3 is 2.82 bits per heavy atom. The van der Waals surface area contributed by atoms with Crippen molar-refractivity contribution in [1.82, 2.24) is 20.2 Å². The minimum atomic E-state index is -4.49. The van der Waals surface area contributed by atoms with E-state index in [0.29, 0.717) is 32.8 Å². The van der Waals surface area contributed by atoms with Gasteiger partial charge in [-0.3, -0.25) is 4.99 Å². The minimum absolute atomic E-state index is 0.0198. The van der Waals surface area contributed by atoms with Crippen LogP contribution in [0, 0.1) is 0 Å². The highest BCUT2D eigenvalue weighted by molar-refractivity contribution is 5.80. The van der Waals surface area contributed by atoms with Crippen molar-refractivity contribution in [2.24, 2.45) is 4.99 Å². The Morgan fingerprint density at radius 1 is 1.29 bits per heavy atom. The topological polar surface area (TPSA) is 83.9 Å². The quantitative estimate of drug-likeness (QED) is 0.437. The maximum Gasteiger partial charge on any atom is 0.433 e. The molecule has 2 N–H and O–H groups in total. The zero-order valence-electron chi connectivity index (χ0n) is 15.7. The van der Waals surface area contributed by atoms with Crippen molar-refractivity contribution in [2.75, 3.05) is 51.8 Å². The predicted octanol–water partition coefficient (Wildman–Crippen LogP) is 1.36. The van der Waals surface area contributed by atoms with Gasteiger partial charge in [-0.2, -0.15) is 13.2 Å². The van der Waals surface area contributed by atoms with Crippen molar-refractivity contribution >= 4 is 11.9 Å². The van der Waals surface area contributed by atoms with Crippen LogP contribution in [0.25, 0.3) is 0 Å². The molecule has 0 aromatic carbocycles. The Balaban J connectivity index is 1.45. The van der Waals surface area contributed by atoms with E-state index in [1.54, 1.807) is 7.05 Å². The highest BCUT2D eigenvalue weighted by Crippen LogP contribution is 2.27. The van der Waals surface area contributed by atoms with Crippen LogP contribution in [0.4, 0.5) is 19.1 Å². The van der Waals surface area contributed by atoms with Gasteiger partial charge < -0.3 is 25.0 Å². The van der Waals surface area contributed by atoms with E-state index in [-0.39, 0.29) is 18.2 Å². The molecule has 8 nitrogen and oxygen atoms in total. The van der Waals surface area contributed by atoms with E-state index in [4.69, 9.17) is 9.47 Å². The van der Waals surface area contributed by atoms with Crippen LogP contribution < -0.4 is 10.6 Å². The Kier molecular flexibility index (Phi) is 6.89. The Morgan fingerprint density at radius 2 is 2.11 bits per heavy atom. The largest absolute Gasteiger partial charge is 0.433 e. The summed E-state index contributed by atoms with van der Waals surface area (Å²) in [7, 11) is 1.70. The fourth-order valence-electron chi connectivity index (χ4n) is 3.27. The first-order valence-corrected chi connectivity index (χ1v) is 9.30.